The summed E-state index contributed by atoms with van der Waals surface area (Å²) in [6.45, 7) is 5.16. The van der Waals surface area contributed by atoms with Crippen LogP contribution in [0.5, 0.6) is 0 Å². The lowest BCUT2D eigenvalue weighted by Crippen LogP contribution is -2.28. The van der Waals surface area contributed by atoms with E-state index in [1.807, 2.05) is 55.7 Å². The Morgan fingerprint density at radius 3 is 2.76 bits per heavy atom. The molecule has 7 nitrogen and oxygen atoms in total. The monoisotopic (exact) mass is 454 g/mol. The average molecular weight is 455 g/mol. The van der Waals surface area contributed by atoms with E-state index >= 15 is 0 Å². The van der Waals surface area contributed by atoms with Crippen LogP contribution in [0.4, 0.5) is 5.82 Å². The molecular weight excluding hydrogens is 424 g/mol. The molecule has 174 valence electrons. The van der Waals surface area contributed by atoms with Crippen molar-refractivity contribution in [1.29, 1.82) is 0 Å². The maximum absolute atomic E-state index is 12.8. The molecule has 0 saturated carbocycles. The molecule has 3 aromatic heterocycles. The van der Waals surface area contributed by atoms with Crippen molar-refractivity contribution in [3.8, 4) is 11.3 Å². The van der Waals surface area contributed by atoms with Crippen LogP contribution < -0.4 is 10.6 Å². The van der Waals surface area contributed by atoms with Crippen LogP contribution in [0.15, 0.2) is 55.0 Å². The molecular formula is C27H30N6O. The van der Waals surface area contributed by atoms with Gasteiger partial charge in [0.2, 0.25) is 0 Å². The molecule has 4 aromatic rings. The number of carbonyl (C=O) groups is 1. The first-order valence-corrected chi connectivity index (χ1v) is 12.1. The number of imidazole rings is 1. The molecule has 7 heteroatoms. The molecule has 1 aliphatic heterocycles. The van der Waals surface area contributed by atoms with E-state index in [9.17, 15) is 4.79 Å². The quantitative estimate of drug-likeness (QED) is 0.422. The second-order valence-corrected chi connectivity index (χ2v) is 8.88. The Kier molecular flexibility index (Phi) is 6.36. The highest BCUT2D eigenvalue weighted by Crippen LogP contribution is 2.31. The fraction of sp³-hybridized carbons (Fsp3) is 0.333. The number of anilines is 1. The minimum Gasteiger partial charge on any atom is -0.307 e. The fourth-order valence-corrected chi connectivity index (χ4v) is 4.69. The van der Waals surface area contributed by atoms with Gasteiger partial charge in [0.25, 0.3) is 5.91 Å². The second-order valence-electron chi connectivity index (χ2n) is 8.88. The van der Waals surface area contributed by atoms with Gasteiger partial charge in [-0.1, -0.05) is 31.9 Å². The molecule has 0 spiro atoms. The number of piperidine rings is 1. The number of hydrogen-bond donors (Lipinski definition) is 2. The summed E-state index contributed by atoms with van der Waals surface area (Å²) in [6.07, 6.45) is 11.1. The third kappa shape index (κ3) is 4.43. The van der Waals surface area contributed by atoms with Gasteiger partial charge in [0.15, 0.2) is 0 Å². The van der Waals surface area contributed by atoms with E-state index in [0.717, 1.165) is 54.1 Å². The standard InChI is InChI=1S/C27H30N6O/c1-3-6-19-12-14-30-23(17-19)31-27(34)21-10-8-20(9-11-21)24-25-18(2)28-15-16-33(25)26(32-24)22-7-4-5-13-29-22/h8-12,14-17,22,29H,3-7,13H2,1-2H3,(H,30,31,34). The molecule has 4 heterocycles. The van der Waals surface area contributed by atoms with Crippen molar-refractivity contribution in [2.45, 2.75) is 52.0 Å². The Balaban J connectivity index is 1.42. The highest BCUT2D eigenvalue weighted by atomic mass is 16.1. The van der Waals surface area contributed by atoms with Crippen LogP contribution in [0.25, 0.3) is 16.8 Å². The number of fused-ring (bicyclic) bond motifs is 1. The highest BCUT2D eigenvalue weighted by molar-refractivity contribution is 6.04. The maximum Gasteiger partial charge on any atom is 0.256 e. The number of hydrogen-bond acceptors (Lipinski definition) is 5. The molecule has 34 heavy (non-hydrogen) atoms. The Morgan fingerprint density at radius 2 is 2.00 bits per heavy atom. The van der Waals surface area contributed by atoms with Gasteiger partial charge < -0.3 is 10.6 Å². The number of nitrogens with zero attached hydrogens (tertiary/aromatic N) is 4. The number of pyridine rings is 1. The van der Waals surface area contributed by atoms with Gasteiger partial charge >= 0.3 is 0 Å². The van der Waals surface area contributed by atoms with Crippen LogP contribution in [0.2, 0.25) is 0 Å². The highest BCUT2D eigenvalue weighted by Gasteiger charge is 2.23. The molecule has 1 aliphatic rings. The number of carbonyl (C=O) groups excluding carboxylic acids is 1. The van der Waals surface area contributed by atoms with Crippen LogP contribution >= 0.6 is 0 Å². The molecule has 1 unspecified atom stereocenters. The number of nitrogens with one attached hydrogen (secondary N) is 2. The number of aromatic nitrogens is 4. The Bertz CT molecular complexity index is 1300. The van der Waals surface area contributed by atoms with Crippen LogP contribution in [-0.2, 0) is 6.42 Å². The summed E-state index contributed by atoms with van der Waals surface area (Å²) in [5.41, 5.74) is 5.57. The lowest BCUT2D eigenvalue weighted by molar-refractivity contribution is 0.102. The summed E-state index contributed by atoms with van der Waals surface area (Å²) in [5.74, 6) is 1.42. The minimum absolute atomic E-state index is 0.174. The maximum atomic E-state index is 12.8. The van der Waals surface area contributed by atoms with Crippen LogP contribution in [0.1, 0.15) is 66.1 Å². The lowest BCUT2D eigenvalue weighted by atomic mass is 10.0. The second kappa shape index (κ2) is 9.73. The molecule has 1 fully saturated rings. The van der Waals surface area contributed by atoms with Gasteiger partial charge in [-0.15, -0.1) is 0 Å². The number of amides is 1. The van der Waals surface area contributed by atoms with Crippen molar-refractivity contribution in [2.75, 3.05) is 11.9 Å². The van der Waals surface area contributed by atoms with Crippen molar-refractivity contribution < 1.29 is 4.79 Å². The molecule has 1 amide bonds. The SMILES string of the molecule is CCCc1ccnc(NC(=O)c2ccc(-c3nc(C4CCCCN4)n4ccnc(C)c34)cc2)c1. The van der Waals surface area contributed by atoms with E-state index in [1.165, 1.54) is 18.4 Å². The summed E-state index contributed by atoms with van der Waals surface area (Å²) >= 11 is 0. The largest absolute Gasteiger partial charge is 0.307 e. The van der Waals surface area contributed by atoms with E-state index in [2.05, 4.69) is 31.9 Å². The molecule has 1 atom stereocenters. The first-order chi connectivity index (χ1) is 16.6. The van der Waals surface area contributed by atoms with Gasteiger partial charge in [0, 0.05) is 29.7 Å². The smallest absolute Gasteiger partial charge is 0.256 e. The zero-order chi connectivity index (χ0) is 23.5. The van der Waals surface area contributed by atoms with Gasteiger partial charge in [-0.25, -0.2) is 9.97 Å². The van der Waals surface area contributed by atoms with Crippen molar-refractivity contribution in [3.05, 3.63) is 77.6 Å². The van der Waals surface area contributed by atoms with E-state index in [0.29, 0.717) is 11.4 Å². The van der Waals surface area contributed by atoms with E-state index in [-0.39, 0.29) is 11.9 Å². The first kappa shape index (κ1) is 22.2. The molecule has 0 aliphatic carbocycles. The molecule has 1 saturated heterocycles. The van der Waals surface area contributed by atoms with Gasteiger partial charge in [0.05, 0.1) is 22.9 Å². The zero-order valence-corrected chi connectivity index (χ0v) is 19.7. The average Bonchev–Trinajstić information content (AvgIpc) is 3.26. The Labute approximate surface area is 199 Å². The van der Waals surface area contributed by atoms with Gasteiger partial charge in [-0.3, -0.25) is 14.2 Å². The van der Waals surface area contributed by atoms with Crippen LogP contribution in [-0.4, -0.2) is 31.8 Å². The van der Waals surface area contributed by atoms with Crippen LogP contribution in [0.3, 0.4) is 0 Å². The summed E-state index contributed by atoms with van der Waals surface area (Å²) in [4.78, 5) is 26.7. The van der Waals surface area contributed by atoms with Crippen LogP contribution in [0, 0.1) is 6.92 Å². The Hall–Kier alpha value is -3.58. The van der Waals surface area contributed by atoms with Gasteiger partial charge in [0.1, 0.15) is 11.6 Å². The van der Waals surface area contributed by atoms with E-state index in [1.54, 1.807) is 6.20 Å². The predicted molar refractivity (Wildman–Crippen MR) is 134 cm³/mol. The topological polar surface area (TPSA) is 84.2 Å². The normalized spacial score (nSPS) is 16.0. The molecule has 2 N–H and O–H groups in total. The molecule has 0 bridgehead atoms. The number of rotatable bonds is 6. The lowest BCUT2D eigenvalue weighted by Gasteiger charge is -2.22. The van der Waals surface area contributed by atoms with E-state index < -0.39 is 0 Å². The summed E-state index contributed by atoms with van der Waals surface area (Å²) in [7, 11) is 0. The predicted octanol–water partition coefficient (Wildman–Crippen LogP) is 5.12. The van der Waals surface area contributed by atoms with E-state index in [4.69, 9.17) is 4.98 Å². The summed E-state index contributed by atoms with van der Waals surface area (Å²) < 4.78 is 2.16. The first-order valence-electron chi connectivity index (χ1n) is 12.1. The van der Waals surface area contributed by atoms with Crippen molar-refractivity contribution in [2.24, 2.45) is 0 Å². The molecule has 5 rings (SSSR count). The summed E-state index contributed by atoms with van der Waals surface area (Å²) in [6, 6.07) is 11.8. The fourth-order valence-electron chi connectivity index (χ4n) is 4.69. The van der Waals surface area contributed by atoms with Gasteiger partial charge in [-0.05, 0) is 62.6 Å². The summed E-state index contributed by atoms with van der Waals surface area (Å²) in [5, 5.41) is 6.52. The third-order valence-corrected chi connectivity index (χ3v) is 6.41. The minimum atomic E-state index is -0.174. The molecule has 1 aromatic carbocycles. The third-order valence-electron chi connectivity index (χ3n) is 6.41. The number of aryl methyl sites for hydroxylation is 2. The zero-order valence-electron chi connectivity index (χ0n) is 19.7. The van der Waals surface area contributed by atoms with Crippen molar-refractivity contribution in [3.63, 3.8) is 0 Å². The molecule has 0 radical (unpaired) electrons. The van der Waals surface area contributed by atoms with Gasteiger partial charge in [-0.2, -0.15) is 0 Å². The van der Waals surface area contributed by atoms with Crippen molar-refractivity contribution >= 4 is 17.2 Å². The van der Waals surface area contributed by atoms with Crippen molar-refractivity contribution in [1.82, 2.24) is 24.7 Å². The Morgan fingerprint density at radius 1 is 1.15 bits per heavy atom. The number of benzene rings is 1.